The number of aryl methyl sites for hydroxylation is 1. The molecule has 0 heterocycles. The van der Waals surface area contributed by atoms with Crippen molar-refractivity contribution in [2.45, 2.75) is 58.9 Å². The maximum atomic E-state index is 13.0. The fraction of sp³-hybridized carbons (Fsp3) is 0.667. The summed E-state index contributed by atoms with van der Waals surface area (Å²) in [5.41, 5.74) is 1.13. The first-order chi connectivity index (χ1) is 11.2. The summed E-state index contributed by atoms with van der Waals surface area (Å²) in [7, 11) is -2.60. The van der Waals surface area contributed by atoms with E-state index in [0.717, 1.165) is 43.7 Å². The van der Waals surface area contributed by atoms with Crippen LogP contribution in [0.4, 0.5) is 4.39 Å². The van der Waals surface area contributed by atoms with Crippen LogP contribution >= 0.6 is 0 Å². The third-order valence-corrected chi connectivity index (χ3v) is 6.34. The third kappa shape index (κ3) is 8.06. The highest BCUT2D eigenvalue weighted by molar-refractivity contribution is 6.60. The lowest BCUT2D eigenvalue weighted by Gasteiger charge is -2.29. The lowest BCUT2D eigenvalue weighted by molar-refractivity contribution is 0.0588. The Morgan fingerprint density at radius 2 is 1.30 bits per heavy atom. The van der Waals surface area contributed by atoms with E-state index in [4.69, 9.17) is 13.3 Å². The zero-order chi connectivity index (χ0) is 17.0. The highest BCUT2D eigenvalue weighted by Gasteiger charge is 2.40. The summed E-state index contributed by atoms with van der Waals surface area (Å²) in [6.07, 6.45) is 4.68. The highest BCUT2D eigenvalue weighted by Crippen LogP contribution is 2.21. The summed E-state index contributed by atoms with van der Waals surface area (Å²) in [5, 5.41) is 0. The van der Waals surface area contributed by atoms with Gasteiger partial charge in [-0.3, -0.25) is 0 Å². The summed E-state index contributed by atoms with van der Waals surface area (Å²) >= 11 is 0. The number of hydrogen-bond donors (Lipinski definition) is 0. The lowest BCUT2D eigenvalue weighted by atomic mass is 10.1. The Labute approximate surface area is 141 Å². The van der Waals surface area contributed by atoms with Gasteiger partial charge in [0, 0.05) is 25.9 Å². The van der Waals surface area contributed by atoms with Gasteiger partial charge >= 0.3 is 8.80 Å². The molecule has 0 atom stereocenters. The van der Waals surface area contributed by atoms with Crippen molar-refractivity contribution in [3.8, 4) is 0 Å². The molecule has 5 heteroatoms. The van der Waals surface area contributed by atoms with Gasteiger partial charge in [0.05, 0.1) is 0 Å². The van der Waals surface area contributed by atoms with E-state index in [0.29, 0.717) is 19.8 Å². The number of benzene rings is 1. The highest BCUT2D eigenvalue weighted by atomic mass is 28.4. The molecule has 0 aliphatic rings. The van der Waals surface area contributed by atoms with Crippen molar-refractivity contribution in [1.29, 1.82) is 0 Å². The third-order valence-electron chi connectivity index (χ3n) is 3.44. The number of hydrogen-bond acceptors (Lipinski definition) is 3. The molecule has 1 rings (SSSR count). The molecule has 0 saturated carbocycles. The number of rotatable bonds is 13. The fourth-order valence-corrected chi connectivity index (χ4v) is 5.11. The molecule has 0 aliphatic heterocycles. The first-order valence-corrected chi connectivity index (χ1v) is 10.7. The van der Waals surface area contributed by atoms with Gasteiger partial charge in [0.25, 0.3) is 0 Å². The van der Waals surface area contributed by atoms with Crippen molar-refractivity contribution in [3.05, 3.63) is 35.6 Å². The monoisotopic (exact) mass is 342 g/mol. The second-order valence-electron chi connectivity index (χ2n) is 5.71. The van der Waals surface area contributed by atoms with E-state index in [1.807, 2.05) is 12.1 Å². The Bertz CT molecular complexity index is 389. The van der Waals surface area contributed by atoms with Crippen molar-refractivity contribution in [1.82, 2.24) is 0 Å². The smallest absolute Gasteiger partial charge is 0.373 e. The van der Waals surface area contributed by atoms with Gasteiger partial charge in [-0.15, -0.1) is 0 Å². The molecule has 0 radical (unpaired) electrons. The molecule has 0 fully saturated rings. The molecule has 0 saturated heterocycles. The van der Waals surface area contributed by atoms with E-state index in [2.05, 4.69) is 20.8 Å². The molecular formula is C18H31FO3Si. The van der Waals surface area contributed by atoms with E-state index in [1.54, 1.807) is 0 Å². The summed E-state index contributed by atoms with van der Waals surface area (Å²) in [4.78, 5) is 0. The zero-order valence-electron chi connectivity index (χ0n) is 14.8. The fourth-order valence-electron chi connectivity index (χ4n) is 2.27. The molecule has 0 aliphatic carbocycles. The number of halogens is 1. The second-order valence-corrected chi connectivity index (χ2v) is 8.44. The van der Waals surface area contributed by atoms with Crippen LogP contribution in [0.25, 0.3) is 0 Å². The van der Waals surface area contributed by atoms with E-state index >= 15 is 0 Å². The summed E-state index contributed by atoms with van der Waals surface area (Å²) in [6, 6.07) is 7.50. The molecule has 1 aromatic carbocycles. The van der Waals surface area contributed by atoms with E-state index in [-0.39, 0.29) is 5.82 Å². The van der Waals surface area contributed by atoms with Crippen molar-refractivity contribution in [3.63, 3.8) is 0 Å². The van der Waals surface area contributed by atoms with Gasteiger partial charge in [-0.05, 0) is 49.8 Å². The normalized spacial score (nSPS) is 11.8. The Balaban J connectivity index is 2.61. The van der Waals surface area contributed by atoms with Crippen molar-refractivity contribution in [2.75, 3.05) is 19.8 Å². The van der Waals surface area contributed by atoms with Crippen LogP contribution in [0, 0.1) is 5.82 Å². The minimum absolute atomic E-state index is 0.193. The average Bonchev–Trinajstić information content (AvgIpc) is 2.57. The van der Waals surface area contributed by atoms with Crippen LogP contribution < -0.4 is 0 Å². The van der Waals surface area contributed by atoms with Gasteiger partial charge in [-0.1, -0.05) is 32.9 Å². The van der Waals surface area contributed by atoms with Crippen LogP contribution in [0.2, 0.25) is 6.04 Å². The first kappa shape index (κ1) is 20.3. The minimum Gasteiger partial charge on any atom is -0.373 e. The van der Waals surface area contributed by atoms with Crippen molar-refractivity contribution >= 4 is 8.80 Å². The molecular weight excluding hydrogens is 311 g/mol. The SMILES string of the molecule is CCCO[Si](CCCc1ccc(F)cc1)(OCCC)OCCC. The van der Waals surface area contributed by atoms with Crippen LogP contribution in [0.15, 0.2) is 24.3 Å². The minimum atomic E-state index is -2.60. The molecule has 0 unspecified atom stereocenters. The quantitative estimate of drug-likeness (QED) is 0.473. The van der Waals surface area contributed by atoms with Gasteiger partial charge in [0.15, 0.2) is 0 Å². The largest absolute Gasteiger partial charge is 0.500 e. The maximum absolute atomic E-state index is 13.0. The van der Waals surface area contributed by atoms with Crippen molar-refractivity contribution in [2.24, 2.45) is 0 Å². The molecule has 0 aromatic heterocycles. The van der Waals surface area contributed by atoms with E-state index < -0.39 is 8.80 Å². The average molecular weight is 343 g/mol. The Hall–Kier alpha value is -0.753. The lowest BCUT2D eigenvalue weighted by Crippen LogP contribution is -2.46. The molecule has 3 nitrogen and oxygen atoms in total. The Kier molecular flexibility index (Phi) is 10.4. The second kappa shape index (κ2) is 11.7. The molecule has 1 aromatic rings. The van der Waals surface area contributed by atoms with Crippen LogP contribution in [-0.4, -0.2) is 28.6 Å². The molecule has 0 spiro atoms. The van der Waals surface area contributed by atoms with Crippen LogP contribution in [0.3, 0.4) is 0 Å². The standard InChI is InChI=1S/C18H31FO3Si/c1-4-13-20-23(21-14-5-2,22-15-6-3)16-7-8-17-9-11-18(19)12-10-17/h9-12H,4-8,13-16H2,1-3H3. The zero-order valence-corrected chi connectivity index (χ0v) is 15.8. The molecule has 132 valence electrons. The molecule has 23 heavy (non-hydrogen) atoms. The van der Waals surface area contributed by atoms with E-state index in [9.17, 15) is 4.39 Å². The predicted molar refractivity (Wildman–Crippen MR) is 94.0 cm³/mol. The Morgan fingerprint density at radius 1 is 0.826 bits per heavy atom. The first-order valence-electron chi connectivity index (χ1n) is 8.82. The maximum Gasteiger partial charge on any atom is 0.500 e. The van der Waals surface area contributed by atoms with Crippen LogP contribution in [0.1, 0.15) is 52.0 Å². The Morgan fingerprint density at radius 3 is 1.74 bits per heavy atom. The summed E-state index contributed by atoms with van der Waals surface area (Å²) in [5.74, 6) is -0.193. The molecule has 0 amide bonds. The van der Waals surface area contributed by atoms with Gasteiger partial charge < -0.3 is 13.3 Å². The predicted octanol–water partition coefficient (Wildman–Crippen LogP) is 4.98. The van der Waals surface area contributed by atoms with Crippen LogP contribution in [-0.2, 0) is 19.7 Å². The van der Waals surface area contributed by atoms with E-state index in [1.165, 1.54) is 12.1 Å². The van der Waals surface area contributed by atoms with Gasteiger partial charge in [0.2, 0.25) is 0 Å². The summed E-state index contributed by atoms with van der Waals surface area (Å²) < 4.78 is 31.2. The van der Waals surface area contributed by atoms with Gasteiger partial charge in [-0.25, -0.2) is 4.39 Å². The molecule has 0 bridgehead atoms. The van der Waals surface area contributed by atoms with Gasteiger partial charge in [-0.2, -0.15) is 0 Å². The van der Waals surface area contributed by atoms with Crippen LogP contribution in [0.5, 0.6) is 0 Å². The van der Waals surface area contributed by atoms with Gasteiger partial charge in [0.1, 0.15) is 5.82 Å². The summed E-state index contributed by atoms with van der Waals surface area (Å²) in [6.45, 7) is 8.31. The molecule has 0 N–H and O–H groups in total. The topological polar surface area (TPSA) is 27.7 Å². The van der Waals surface area contributed by atoms with Crippen molar-refractivity contribution < 1.29 is 17.7 Å².